The van der Waals surface area contributed by atoms with Crippen molar-refractivity contribution in [2.24, 2.45) is 7.05 Å². The molecule has 2 aromatic carbocycles. The van der Waals surface area contributed by atoms with Gasteiger partial charge in [0, 0.05) is 25.0 Å². The maximum atomic E-state index is 13.5. The van der Waals surface area contributed by atoms with Crippen LogP contribution in [0.5, 0.6) is 11.5 Å². The lowest BCUT2D eigenvalue weighted by Crippen LogP contribution is -2.38. The molecule has 1 fully saturated rings. The third-order valence-corrected chi connectivity index (χ3v) is 5.67. The zero-order valence-electron chi connectivity index (χ0n) is 16.9. The first-order valence-corrected chi connectivity index (χ1v) is 9.64. The predicted molar refractivity (Wildman–Crippen MR) is 110 cm³/mol. The van der Waals surface area contributed by atoms with Gasteiger partial charge in [-0.25, -0.2) is 4.98 Å². The summed E-state index contributed by atoms with van der Waals surface area (Å²) < 4.78 is 12.7. The SMILES string of the molecule is COc1ccc(C2(C(=O)N[C@@H](c3ccccc3OC)c3nccn3C)CC2)cc1. The van der Waals surface area contributed by atoms with E-state index in [1.54, 1.807) is 20.4 Å². The first kappa shape index (κ1) is 19.1. The van der Waals surface area contributed by atoms with Gasteiger partial charge >= 0.3 is 0 Å². The molecule has 29 heavy (non-hydrogen) atoms. The van der Waals surface area contributed by atoms with Crippen LogP contribution in [0.2, 0.25) is 0 Å². The van der Waals surface area contributed by atoms with Crippen molar-refractivity contribution in [3.8, 4) is 11.5 Å². The molecule has 0 radical (unpaired) electrons. The van der Waals surface area contributed by atoms with Crippen molar-refractivity contribution in [3.63, 3.8) is 0 Å². The Bertz CT molecular complexity index is 1010. The molecule has 4 rings (SSSR count). The van der Waals surface area contributed by atoms with Crippen LogP contribution in [0.25, 0.3) is 0 Å². The molecule has 6 heteroatoms. The van der Waals surface area contributed by atoms with Crippen LogP contribution in [0, 0.1) is 0 Å². The van der Waals surface area contributed by atoms with Gasteiger partial charge in [-0.05, 0) is 36.6 Å². The highest BCUT2D eigenvalue weighted by Crippen LogP contribution is 2.49. The minimum absolute atomic E-state index is 0.00146. The number of methoxy groups -OCH3 is 2. The van der Waals surface area contributed by atoms with E-state index < -0.39 is 11.5 Å². The van der Waals surface area contributed by atoms with Gasteiger partial charge in [-0.2, -0.15) is 0 Å². The van der Waals surface area contributed by atoms with Gasteiger partial charge in [-0.3, -0.25) is 4.79 Å². The number of aryl methyl sites for hydroxylation is 1. The van der Waals surface area contributed by atoms with Crippen molar-refractivity contribution in [1.82, 2.24) is 14.9 Å². The average molecular weight is 391 g/mol. The third-order valence-electron chi connectivity index (χ3n) is 5.67. The van der Waals surface area contributed by atoms with E-state index in [-0.39, 0.29) is 5.91 Å². The maximum absolute atomic E-state index is 13.5. The molecule has 6 nitrogen and oxygen atoms in total. The molecule has 1 atom stereocenters. The summed E-state index contributed by atoms with van der Waals surface area (Å²) in [6.45, 7) is 0. The lowest BCUT2D eigenvalue weighted by atomic mass is 9.93. The number of hydrogen-bond donors (Lipinski definition) is 1. The number of nitrogens with zero attached hydrogens (tertiary/aromatic N) is 2. The second kappa shape index (κ2) is 7.62. The topological polar surface area (TPSA) is 65.4 Å². The van der Waals surface area contributed by atoms with E-state index in [0.29, 0.717) is 0 Å². The second-order valence-corrected chi connectivity index (χ2v) is 7.36. The Hall–Kier alpha value is -3.28. The third kappa shape index (κ3) is 3.46. The van der Waals surface area contributed by atoms with E-state index in [9.17, 15) is 4.79 Å². The molecule has 3 aromatic rings. The summed E-state index contributed by atoms with van der Waals surface area (Å²) in [4.78, 5) is 17.9. The van der Waals surface area contributed by atoms with Gasteiger partial charge in [0.1, 0.15) is 23.4 Å². The number of hydrogen-bond acceptors (Lipinski definition) is 4. The van der Waals surface area contributed by atoms with Crippen LogP contribution >= 0.6 is 0 Å². The number of nitrogens with one attached hydrogen (secondary N) is 1. The monoisotopic (exact) mass is 391 g/mol. The van der Waals surface area contributed by atoms with Gasteiger partial charge in [0.15, 0.2) is 0 Å². The Labute approximate surface area is 170 Å². The quantitative estimate of drug-likeness (QED) is 0.671. The summed E-state index contributed by atoms with van der Waals surface area (Å²) in [7, 11) is 5.20. The van der Waals surface area contributed by atoms with Gasteiger partial charge in [-0.15, -0.1) is 0 Å². The van der Waals surface area contributed by atoms with Crippen molar-refractivity contribution in [2.75, 3.05) is 14.2 Å². The summed E-state index contributed by atoms with van der Waals surface area (Å²) >= 11 is 0. The average Bonchev–Trinajstić information content (AvgIpc) is 3.47. The lowest BCUT2D eigenvalue weighted by molar-refractivity contribution is -0.124. The highest BCUT2D eigenvalue weighted by atomic mass is 16.5. The van der Waals surface area contributed by atoms with E-state index in [1.165, 1.54) is 0 Å². The van der Waals surface area contributed by atoms with E-state index in [4.69, 9.17) is 9.47 Å². The predicted octanol–water partition coefficient (Wildman–Crippen LogP) is 3.37. The Morgan fingerprint density at radius 3 is 2.41 bits per heavy atom. The van der Waals surface area contributed by atoms with Crippen molar-refractivity contribution >= 4 is 5.91 Å². The Morgan fingerprint density at radius 1 is 1.10 bits per heavy atom. The molecule has 1 heterocycles. The molecule has 0 aliphatic heterocycles. The molecule has 1 aliphatic carbocycles. The number of ether oxygens (including phenoxy) is 2. The minimum atomic E-state index is -0.502. The first-order chi connectivity index (χ1) is 14.1. The van der Waals surface area contributed by atoms with Crippen LogP contribution in [-0.4, -0.2) is 29.7 Å². The zero-order valence-corrected chi connectivity index (χ0v) is 16.9. The molecule has 0 saturated heterocycles. The fourth-order valence-corrected chi connectivity index (χ4v) is 3.79. The van der Waals surface area contributed by atoms with Gasteiger partial charge in [0.2, 0.25) is 5.91 Å². The largest absolute Gasteiger partial charge is 0.497 e. The highest BCUT2D eigenvalue weighted by molar-refractivity contribution is 5.91. The Balaban J connectivity index is 1.67. The van der Waals surface area contributed by atoms with E-state index in [1.807, 2.05) is 66.3 Å². The van der Waals surface area contributed by atoms with Crippen molar-refractivity contribution < 1.29 is 14.3 Å². The van der Waals surface area contributed by atoms with Crippen molar-refractivity contribution in [1.29, 1.82) is 0 Å². The number of imidazole rings is 1. The van der Waals surface area contributed by atoms with Crippen LogP contribution < -0.4 is 14.8 Å². The number of carbonyl (C=O) groups is 1. The molecular formula is C23H25N3O3. The molecule has 1 amide bonds. The number of amides is 1. The number of benzene rings is 2. The number of para-hydroxylation sites is 1. The standard InChI is InChI=1S/C23H25N3O3/c1-26-15-14-24-21(26)20(18-6-4-5-7-19(18)29-3)25-22(27)23(12-13-23)16-8-10-17(28-2)11-9-16/h4-11,14-15,20H,12-13H2,1-3H3,(H,25,27)/t20-/m0/s1. The van der Waals surface area contributed by atoms with Gasteiger partial charge in [-0.1, -0.05) is 30.3 Å². The molecule has 0 spiro atoms. The molecule has 1 saturated carbocycles. The van der Waals surface area contributed by atoms with E-state index >= 15 is 0 Å². The molecular weight excluding hydrogens is 366 g/mol. The van der Waals surface area contributed by atoms with E-state index in [0.717, 1.165) is 41.3 Å². The zero-order chi connectivity index (χ0) is 20.4. The molecule has 0 bridgehead atoms. The number of aromatic nitrogens is 2. The summed E-state index contributed by atoms with van der Waals surface area (Å²) in [5.74, 6) is 2.26. The molecule has 150 valence electrons. The fraction of sp³-hybridized carbons (Fsp3) is 0.304. The molecule has 1 N–H and O–H groups in total. The van der Waals surface area contributed by atoms with Crippen LogP contribution in [0.4, 0.5) is 0 Å². The van der Waals surface area contributed by atoms with Crippen LogP contribution in [-0.2, 0) is 17.3 Å². The molecule has 1 aromatic heterocycles. The number of rotatable bonds is 7. The van der Waals surface area contributed by atoms with Gasteiger partial charge in [0.05, 0.1) is 19.6 Å². The highest BCUT2D eigenvalue weighted by Gasteiger charge is 2.52. The van der Waals surface area contributed by atoms with Crippen LogP contribution in [0.15, 0.2) is 60.9 Å². The van der Waals surface area contributed by atoms with Crippen LogP contribution in [0.3, 0.4) is 0 Å². The van der Waals surface area contributed by atoms with Crippen LogP contribution in [0.1, 0.15) is 35.8 Å². The summed E-state index contributed by atoms with van der Waals surface area (Å²) in [6, 6.07) is 15.1. The van der Waals surface area contributed by atoms with E-state index in [2.05, 4.69) is 10.3 Å². The second-order valence-electron chi connectivity index (χ2n) is 7.36. The maximum Gasteiger partial charge on any atom is 0.231 e. The van der Waals surface area contributed by atoms with Gasteiger partial charge in [0.25, 0.3) is 0 Å². The normalized spacial score (nSPS) is 15.4. The van der Waals surface area contributed by atoms with Crippen molar-refractivity contribution in [2.45, 2.75) is 24.3 Å². The summed E-state index contributed by atoms with van der Waals surface area (Å²) in [5, 5.41) is 3.25. The smallest absolute Gasteiger partial charge is 0.231 e. The lowest BCUT2D eigenvalue weighted by Gasteiger charge is -2.24. The summed E-state index contributed by atoms with van der Waals surface area (Å²) in [5.41, 5.74) is 1.38. The van der Waals surface area contributed by atoms with Gasteiger partial charge < -0.3 is 19.4 Å². The fourth-order valence-electron chi connectivity index (χ4n) is 3.79. The van der Waals surface area contributed by atoms with Crippen molar-refractivity contribution in [3.05, 3.63) is 77.9 Å². The molecule has 0 unspecified atom stereocenters. The Kier molecular flexibility index (Phi) is 5.01. The number of carbonyl (C=O) groups excluding carboxylic acids is 1. The summed E-state index contributed by atoms with van der Waals surface area (Å²) in [6.07, 6.45) is 5.26. The minimum Gasteiger partial charge on any atom is -0.497 e. The molecule has 1 aliphatic rings. The Morgan fingerprint density at radius 2 is 1.83 bits per heavy atom. The first-order valence-electron chi connectivity index (χ1n) is 9.64.